The summed E-state index contributed by atoms with van der Waals surface area (Å²) in [5.74, 6) is 0.915. The number of thioether (sulfide) groups is 1. The van der Waals surface area contributed by atoms with Crippen molar-refractivity contribution in [2.45, 2.75) is 31.6 Å². The molecular formula is C18H24FN5OS. The van der Waals surface area contributed by atoms with Crippen molar-refractivity contribution >= 4 is 17.7 Å². The molecule has 1 fully saturated rings. The second kappa shape index (κ2) is 9.14. The van der Waals surface area contributed by atoms with Gasteiger partial charge in [0.05, 0.1) is 11.7 Å². The summed E-state index contributed by atoms with van der Waals surface area (Å²) in [6, 6.07) is 7.06. The highest BCUT2D eigenvalue weighted by Crippen LogP contribution is 2.20. The topological polar surface area (TPSA) is 71.8 Å². The zero-order chi connectivity index (χ0) is 18.4. The lowest BCUT2D eigenvalue weighted by atomic mass is 10.1. The average molecular weight is 377 g/mol. The number of carbonyl (C=O) groups excluding carboxylic acids is 1. The minimum Gasteiger partial charge on any atom is -0.350 e. The molecule has 1 aromatic heterocycles. The van der Waals surface area contributed by atoms with E-state index in [1.807, 2.05) is 17.7 Å². The predicted octanol–water partition coefficient (Wildman–Crippen LogP) is 2.31. The van der Waals surface area contributed by atoms with E-state index in [0.29, 0.717) is 35.3 Å². The van der Waals surface area contributed by atoms with Crippen LogP contribution < -0.4 is 10.6 Å². The molecular weight excluding hydrogens is 353 g/mol. The van der Waals surface area contributed by atoms with Gasteiger partial charge in [0.1, 0.15) is 5.82 Å². The fourth-order valence-corrected chi connectivity index (χ4v) is 3.91. The molecule has 1 saturated heterocycles. The van der Waals surface area contributed by atoms with Gasteiger partial charge in [-0.1, -0.05) is 23.4 Å². The van der Waals surface area contributed by atoms with Crippen LogP contribution in [0.25, 0.3) is 0 Å². The average Bonchev–Trinajstić information content (AvgIpc) is 3.05. The molecule has 1 aliphatic heterocycles. The van der Waals surface area contributed by atoms with Gasteiger partial charge in [-0.15, -0.1) is 5.10 Å². The van der Waals surface area contributed by atoms with Crippen LogP contribution >= 0.6 is 11.8 Å². The lowest BCUT2D eigenvalue weighted by Gasteiger charge is -2.23. The molecule has 1 amide bonds. The molecule has 2 N–H and O–H groups in total. The third-order valence-electron chi connectivity index (χ3n) is 4.54. The maximum atomic E-state index is 13.5. The van der Waals surface area contributed by atoms with Gasteiger partial charge in [-0.05, 0) is 44.5 Å². The van der Waals surface area contributed by atoms with E-state index in [9.17, 15) is 9.18 Å². The molecule has 3 rings (SSSR count). The summed E-state index contributed by atoms with van der Waals surface area (Å²) in [6.45, 7) is 4.33. The zero-order valence-corrected chi connectivity index (χ0v) is 15.7. The SMILES string of the molecule is Cc1c(C(=O)NCCSCc2ccccc2F)nnn1C1CCNCC1. The van der Waals surface area contributed by atoms with E-state index in [0.717, 1.165) is 31.6 Å². The molecule has 0 unspecified atom stereocenters. The van der Waals surface area contributed by atoms with E-state index >= 15 is 0 Å². The van der Waals surface area contributed by atoms with Crippen molar-refractivity contribution in [3.8, 4) is 0 Å². The summed E-state index contributed by atoms with van der Waals surface area (Å²) in [5.41, 5.74) is 1.89. The molecule has 1 aliphatic rings. The van der Waals surface area contributed by atoms with Gasteiger partial charge in [-0.3, -0.25) is 4.79 Å². The lowest BCUT2D eigenvalue weighted by molar-refractivity contribution is 0.0950. The van der Waals surface area contributed by atoms with Gasteiger partial charge in [-0.25, -0.2) is 9.07 Å². The molecule has 0 aliphatic carbocycles. The van der Waals surface area contributed by atoms with E-state index in [1.165, 1.54) is 6.07 Å². The van der Waals surface area contributed by atoms with Crippen LogP contribution in [0.2, 0.25) is 0 Å². The van der Waals surface area contributed by atoms with E-state index < -0.39 is 0 Å². The Hall–Kier alpha value is -1.93. The summed E-state index contributed by atoms with van der Waals surface area (Å²) in [6.07, 6.45) is 2.00. The Morgan fingerprint density at radius 2 is 2.15 bits per heavy atom. The fourth-order valence-electron chi connectivity index (χ4n) is 3.07. The van der Waals surface area contributed by atoms with Crippen molar-refractivity contribution in [2.75, 3.05) is 25.4 Å². The van der Waals surface area contributed by atoms with Crippen molar-refractivity contribution < 1.29 is 9.18 Å². The van der Waals surface area contributed by atoms with Gasteiger partial charge in [0.25, 0.3) is 5.91 Å². The van der Waals surface area contributed by atoms with E-state index in [-0.39, 0.29) is 11.7 Å². The van der Waals surface area contributed by atoms with Crippen LogP contribution in [0.1, 0.15) is 40.6 Å². The third kappa shape index (κ3) is 4.62. The number of nitrogens with zero attached hydrogens (tertiary/aromatic N) is 3. The molecule has 0 atom stereocenters. The van der Waals surface area contributed by atoms with Gasteiger partial charge in [0.2, 0.25) is 0 Å². The van der Waals surface area contributed by atoms with Crippen molar-refractivity contribution in [1.29, 1.82) is 0 Å². The quantitative estimate of drug-likeness (QED) is 0.725. The van der Waals surface area contributed by atoms with E-state index in [4.69, 9.17) is 0 Å². The number of amides is 1. The van der Waals surface area contributed by atoms with Gasteiger partial charge >= 0.3 is 0 Å². The Morgan fingerprint density at radius 1 is 1.38 bits per heavy atom. The fraction of sp³-hybridized carbons (Fsp3) is 0.500. The number of hydrogen-bond donors (Lipinski definition) is 2. The Morgan fingerprint density at radius 3 is 2.92 bits per heavy atom. The number of piperidine rings is 1. The van der Waals surface area contributed by atoms with Crippen LogP contribution in [0.15, 0.2) is 24.3 Å². The molecule has 6 nitrogen and oxygen atoms in total. The van der Waals surface area contributed by atoms with Crippen molar-refractivity contribution in [2.24, 2.45) is 0 Å². The zero-order valence-electron chi connectivity index (χ0n) is 14.9. The molecule has 0 saturated carbocycles. The van der Waals surface area contributed by atoms with Crippen molar-refractivity contribution in [3.05, 3.63) is 47.0 Å². The second-order valence-electron chi connectivity index (χ2n) is 6.35. The maximum absolute atomic E-state index is 13.5. The largest absolute Gasteiger partial charge is 0.350 e. The summed E-state index contributed by atoms with van der Waals surface area (Å²) in [7, 11) is 0. The number of aromatic nitrogens is 3. The molecule has 2 heterocycles. The van der Waals surface area contributed by atoms with Crippen LogP contribution in [0.3, 0.4) is 0 Å². The molecule has 140 valence electrons. The number of nitrogens with one attached hydrogen (secondary N) is 2. The highest BCUT2D eigenvalue weighted by Gasteiger charge is 2.22. The number of hydrogen-bond acceptors (Lipinski definition) is 5. The van der Waals surface area contributed by atoms with E-state index in [2.05, 4.69) is 20.9 Å². The number of benzene rings is 1. The molecule has 1 aromatic carbocycles. The first-order chi connectivity index (χ1) is 12.7. The third-order valence-corrected chi connectivity index (χ3v) is 5.55. The maximum Gasteiger partial charge on any atom is 0.273 e. The molecule has 8 heteroatoms. The predicted molar refractivity (Wildman–Crippen MR) is 101 cm³/mol. The first-order valence-electron chi connectivity index (χ1n) is 8.88. The molecule has 2 aromatic rings. The molecule has 0 bridgehead atoms. The van der Waals surface area contributed by atoms with Crippen LogP contribution in [0, 0.1) is 12.7 Å². The van der Waals surface area contributed by atoms with Crippen LogP contribution in [0.4, 0.5) is 4.39 Å². The smallest absolute Gasteiger partial charge is 0.273 e. The van der Waals surface area contributed by atoms with Crippen LogP contribution in [-0.2, 0) is 5.75 Å². The van der Waals surface area contributed by atoms with Gasteiger partial charge in [-0.2, -0.15) is 11.8 Å². The standard InChI is InChI=1S/C18H24FN5OS/c1-13-17(22-23-24(13)15-6-8-20-9-7-15)18(25)21-10-11-26-12-14-4-2-3-5-16(14)19/h2-5,15,20H,6-12H2,1H3,(H,21,25). The summed E-state index contributed by atoms with van der Waals surface area (Å²) in [5, 5.41) is 14.5. The molecule has 0 radical (unpaired) electrons. The van der Waals surface area contributed by atoms with Gasteiger partial charge < -0.3 is 10.6 Å². The molecule has 26 heavy (non-hydrogen) atoms. The highest BCUT2D eigenvalue weighted by molar-refractivity contribution is 7.98. The number of rotatable bonds is 7. The van der Waals surface area contributed by atoms with Crippen LogP contribution in [0.5, 0.6) is 0 Å². The monoisotopic (exact) mass is 377 g/mol. The highest BCUT2D eigenvalue weighted by atomic mass is 32.2. The summed E-state index contributed by atoms with van der Waals surface area (Å²) in [4.78, 5) is 12.3. The summed E-state index contributed by atoms with van der Waals surface area (Å²) < 4.78 is 15.4. The van der Waals surface area contributed by atoms with Gasteiger partial charge in [0.15, 0.2) is 5.69 Å². The van der Waals surface area contributed by atoms with Crippen molar-refractivity contribution in [1.82, 2.24) is 25.6 Å². The Labute approximate surface area is 156 Å². The normalized spacial score (nSPS) is 15.2. The summed E-state index contributed by atoms with van der Waals surface area (Å²) >= 11 is 1.59. The minimum absolute atomic E-state index is 0.186. The van der Waals surface area contributed by atoms with Gasteiger partial charge in [0, 0.05) is 18.1 Å². The Balaban J connectivity index is 1.45. The Bertz CT molecular complexity index is 745. The number of carbonyl (C=O) groups is 1. The molecule has 0 spiro atoms. The van der Waals surface area contributed by atoms with Crippen molar-refractivity contribution in [3.63, 3.8) is 0 Å². The first-order valence-corrected chi connectivity index (χ1v) is 10.0. The van der Waals surface area contributed by atoms with E-state index in [1.54, 1.807) is 23.9 Å². The van der Waals surface area contributed by atoms with Crippen LogP contribution in [-0.4, -0.2) is 46.3 Å². The minimum atomic E-state index is -0.200. The number of halogens is 1. The second-order valence-corrected chi connectivity index (χ2v) is 7.45. The lowest BCUT2D eigenvalue weighted by Crippen LogP contribution is -2.30. The Kier molecular flexibility index (Phi) is 6.62. The first kappa shape index (κ1) is 18.8.